The number of pyridine rings is 1. The predicted octanol–water partition coefficient (Wildman–Crippen LogP) is 4.22. The SMILES string of the molecule is COC(=O)c1cnc2c(Cl)c(OC(F)F)c(C)cc2c1.O=C(O)C(F)(F)F. The number of carbonyl (C=O) groups excluding carboxylic acids is 1. The number of aryl methyl sites for hydroxylation is 1. The topological polar surface area (TPSA) is 85.7 Å². The van der Waals surface area contributed by atoms with E-state index in [-0.39, 0.29) is 21.9 Å². The zero-order chi connectivity index (χ0) is 20.9. The van der Waals surface area contributed by atoms with Crippen molar-refractivity contribution in [3.63, 3.8) is 0 Å². The van der Waals surface area contributed by atoms with Crippen LogP contribution in [0, 0.1) is 6.92 Å². The summed E-state index contributed by atoms with van der Waals surface area (Å²) >= 11 is 6.02. The van der Waals surface area contributed by atoms with Gasteiger partial charge in [-0.15, -0.1) is 0 Å². The van der Waals surface area contributed by atoms with Crippen molar-refractivity contribution in [3.8, 4) is 5.75 Å². The van der Waals surface area contributed by atoms with Gasteiger partial charge in [0.15, 0.2) is 0 Å². The number of aromatic nitrogens is 1. The van der Waals surface area contributed by atoms with Crippen LogP contribution in [0.1, 0.15) is 15.9 Å². The lowest BCUT2D eigenvalue weighted by Crippen LogP contribution is -2.21. The number of hydrogen-bond acceptors (Lipinski definition) is 5. The van der Waals surface area contributed by atoms with Crippen molar-refractivity contribution in [2.45, 2.75) is 19.7 Å². The van der Waals surface area contributed by atoms with Gasteiger partial charge in [0.25, 0.3) is 0 Å². The van der Waals surface area contributed by atoms with E-state index in [9.17, 15) is 26.7 Å². The van der Waals surface area contributed by atoms with Crippen molar-refractivity contribution < 1.29 is 46.1 Å². The standard InChI is InChI=1S/C13H10ClF2NO3.C2HF3O2/c1-6-3-7-4-8(12(18)19-2)5-17-10(7)9(14)11(6)20-13(15)16;3-2(4,5)1(6)7/h3-5,13H,1-2H3;(H,6,7). The Morgan fingerprint density at radius 1 is 1.26 bits per heavy atom. The number of carbonyl (C=O) groups is 2. The average Bonchev–Trinajstić information content (AvgIpc) is 2.56. The van der Waals surface area contributed by atoms with Gasteiger partial charge in [0, 0.05) is 11.6 Å². The highest BCUT2D eigenvalue weighted by atomic mass is 35.5. The van der Waals surface area contributed by atoms with Gasteiger partial charge in [0.1, 0.15) is 10.8 Å². The Labute approximate surface area is 153 Å². The van der Waals surface area contributed by atoms with E-state index in [1.165, 1.54) is 19.4 Å². The van der Waals surface area contributed by atoms with Crippen LogP contribution in [-0.2, 0) is 9.53 Å². The molecule has 0 spiro atoms. The first-order valence-corrected chi connectivity index (χ1v) is 7.18. The van der Waals surface area contributed by atoms with Gasteiger partial charge < -0.3 is 14.6 Å². The minimum absolute atomic E-state index is 0.0169. The second kappa shape index (κ2) is 8.80. The molecule has 6 nitrogen and oxygen atoms in total. The maximum atomic E-state index is 12.3. The number of carboxylic acid groups (broad SMARTS) is 1. The van der Waals surface area contributed by atoms with E-state index in [1.807, 2.05) is 0 Å². The fourth-order valence-electron chi connectivity index (χ4n) is 1.82. The summed E-state index contributed by atoms with van der Waals surface area (Å²) in [5.74, 6) is -3.42. The Morgan fingerprint density at radius 2 is 1.81 bits per heavy atom. The molecule has 1 heterocycles. The van der Waals surface area contributed by atoms with Crippen molar-refractivity contribution in [1.82, 2.24) is 4.98 Å². The van der Waals surface area contributed by atoms with Crippen molar-refractivity contribution in [1.29, 1.82) is 0 Å². The number of nitrogens with zero attached hydrogens (tertiary/aromatic N) is 1. The van der Waals surface area contributed by atoms with E-state index in [0.29, 0.717) is 10.9 Å². The van der Waals surface area contributed by atoms with Crippen molar-refractivity contribution in [3.05, 3.63) is 34.5 Å². The molecule has 2 aromatic rings. The number of rotatable bonds is 3. The van der Waals surface area contributed by atoms with Crippen molar-refractivity contribution in [2.75, 3.05) is 7.11 Å². The number of hydrogen-bond donors (Lipinski definition) is 1. The van der Waals surface area contributed by atoms with E-state index in [4.69, 9.17) is 21.5 Å². The number of alkyl halides is 5. The van der Waals surface area contributed by atoms with Crippen LogP contribution in [0.5, 0.6) is 5.75 Å². The summed E-state index contributed by atoms with van der Waals surface area (Å²) in [6, 6.07) is 3.09. The lowest BCUT2D eigenvalue weighted by molar-refractivity contribution is -0.192. The van der Waals surface area contributed by atoms with Crippen LogP contribution < -0.4 is 4.74 Å². The molecule has 0 aliphatic rings. The Morgan fingerprint density at radius 3 is 2.26 bits per heavy atom. The molecule has 27 heavy (non-hydrogen) atoms. The number of ether oxygens (including phenoxy) is 2. The average molecular weight is 416 g/mol. The maximum absolute atomic E-state index is 12.3. The largest absolute Gasteiger partial charge is 0.490 e. The molecule has 0 amide bonds. The lowest BCUT2D eigenvalue weighted by atomic mass is 10.1. The smallest absolute Gasteiger partial charge is 0.475 e. The number of halogens is 6. The van der Waals surface area contributed by atoms with Gasteiger partial charge in [-0.25, -0.2) is 9.59 Å². The number of carboxylic acids is 1. The second-order valence-corrected chi connectivity index (χ2v) is 5.18. The van der Waals surface area contributed by atoms with Crippen molar-refractivity contribution >= 4 is 34.4 Å². The molecule has 0 aliphatic carbocycles. The Balaban J connectivity index is 0.000000445. The summed E-state index contributed by atoms with van der Waals surface area (Å²) in [6.45, 7) is -1.40. The van der Waals surface area contributed by atoms with Crippen LogP contribution in [0.4, 0.5) is 22.0 Å². The molecule has 148 valence electrons. The molecule has 1 N–H and O–H groups in total. The van der Waals surface area contributed by atoms with Gasteiger partial charge in [0.05, 0.1) is 18.2 Å². The summed E-state index contributed by atoms with van der Waals surface area (Å²) in [4.78, 5) is 24.3. The number of methoxy groups -OCH3 is 1. The van der Waals surface area contributed by atoms with Crippen LogP contribution in [0.2, 0.25) is 5.02 Å². The first-order valence-electron chi connectivity index (χ1n) is 6.80. The molecular formula is C15H11ClF5NO5. The molecule has 0 bridgehead atoms. The van der Waals surface area contributed by atoms with Gasteiger partial charge in [-0.3, -0.25) is 4.98 Å². The molecular weight excluding hydrogens is 405 g/mol. The Bertz CT molecular complexity index is 857. The monoisotopic (exact) mass is 415 g/mol. The highest BCUT2D eigenvalue weighted by molar-refractivity contribution is 6.36. The maximum Gasteiger partial charge on any atom is 0.490 e. The molecule has 0 fully saturated rings. The fraction of sp³-hybridized carbons (Fsp3) is 0.267. The van der Waals surface area contributed by atoms with E-state index in [2.05, 4.69) is 14.5 Å². The van der Waals surface area contributed by atoms with Crippen molar-refractivity contribution in [2.24, 2.45) is 0 Å². The molecule has 0 atom stereocenters. The van der Waals surface area contributed by atoms with E-state index < -0.39 is 24.7 Å². The lowest BCUT2D eigenvalue weighted by Gasteiger charge is -2.12. The third-order valence-electron chi connectivity index (χ3n) is 2.93. The molecule has 1 aromatic carbocycles. The molecule has 0 aliphatic heterocycles. The molecule has 0 saturated carbocycles. The first kappa shape index (κ1) is 22.4. The number of aliphatic carboxylic acids is 1. The van der Waals surface area contributed by atoms with Gasteiger partial charge in [-0.2, -0.15) is 22.0 Å². The summed E-state index contributed by atoms with van der Waals surface area (Å²) in [7, 11) is 1.25. The van der Waals surface area contributed by atoms with Crippen LogP contribution in [0.15, 0.2) is 18.3 Å². The normalized spacial score (nSPS) is 11.0. The quantitative estimate of drug-likeness (QED) is 0.597. The fourth-order valence-corrected chi connectivity index (χ4v) is 2.17. The first-order chi connectivity index (χ1) is 12.4. The van der Waals surface area contributed by atoms with E-state index >= 15 is 0 Å². The van der Waals surface area contributed by atoms with Crippen LogP contribution in [0.3, 0.4) is 0 Å². The molecule has 12 heteroatoms. The summed E-state index contributed by atoms with van der Waals surface area (Å²) in [5.41, 5.74) is 0.949. The Hall–Kier alpha value is -2.69. The second-order valence-electron chi connectivity index (χ2n) is 4.81. The molecule has 0 unspecified atom stereocenters. The van der Waals surface area contributed by atoms with E-state index in [1.54, 1.807) is 13.0 Å². The third-order valence-corrected chi connectivity index (χ3v) is 3.28. The number of fused-ring (bicyclic) bond motifs is 1. The summed E-state index contributed by atoms with van der Waals surface area (Å²) in [5, 5.41) is 7.65. The summed E-state index contributed by atoms with van der Waals surface area (Å²) < 4.78 is 65.4. The minimum Gasteiger partial charge on any atom is -0.475 e. The van der Waals surface area contributed by atoms with Gasteiger partial charge in [-0.05, 0) is 24.6 Å². The molecule has 1 aromatic heterocycles. The highest BCUT2D eigenvalue weighted by Gasteiger charge is 2.38. The molecule has 0 saturated heterocycles. The van der Waals surface area contributed by atoms with E-state index in [0.717, 1.165) is 0 Å². The third kappa shape index (κ3) is 5.91. The Kier molecular flexibility index (Phi) is 7.28. The molecule has 0 radical (unpaired) electrons. The van der Waals surface area contributed by atoms with Crippen LogP contribution in [-0.4, -0.2) is 41.9 Å². The molecule has 2 rings (SSSR count). The summed E-state index contributed by atoms with van der Waals surface area (Å²) in [6.07, 6.45) is -3.82. The zero-order valence-electron chi connectivity index (χ0n) is 13.6. The van der Waals surface area contributed by atoms with Gasteiger partial charge in [-0.1, -0.05) is 11.6 Å². The van der Waals surface area contributed by atoms with Crippen LogP contribution >= 0.6 is 11.6 Å². The number of esters is 1. The van der Waals surface area contributed by atoms with Gasteiger partial charge in [0.2, 0.25) is 0 Å². The van der Waals surface area contributed by atoms with Gasteiger partial charge >= 0.3 is 24.7 Å². The zero-order valence-corrected chi connectivity index (χ0v) is 14.4. The highest BCUT2D eigenvalue weighted by Crippen LogP contribution is 2.36. The minimum atomic E-state index is -5.08. The predicted molar refractivity (Wildman–Crippen MR) is 83.2 cm³/mol. The van der Waals surface area contributed by atoms with Crippen LogP contribution in [0.25, 0.3) is 10.9 Å². The number of benzene rings is 1.